The maximum atomic E-state index is 12.7. The van der Waals surface area contributed by atoms with Crippen molar-refractivity contribution in [3.8, 4) is 17.0 Å². The zero-order valence-electron chi connectivity index (χ0n) is 19.2. The molecule has 1 aliphatic carbocycles. The number of carbonyl (C=O) groups is 1. The SMILES string of the molecule is [C-]#[N+]c1ccc(-c2c[nH]c3c(OC4C5COCC4CN(C(=O)OC4(C)CC4)C5)ncnc23)c(Cl)c1. The van der Waals surface area contributed by atoms with E-state index in [1.165, 1.54) is 6.33 Å². The Kier molecular flexibility index (Phi) is 5.31. The molecule has 1 amide bonds. The van der Waals surface area contributed by atoms with E-state index in [1.807, 2.05) is 19.2 Å². The number of ether oxygens (including phenoxy) is 3. The number of benzene rings is 1. The van der Waals surface area contributed by atoms with Crippen molar-refractivity contribution in [2.75, 3.05) is 26.3 Å². The van der Waals surface area contributed by atoms with Gasteiger partial charge in [0.15, 0.2) is 5.69 Å². The molecule has 1 aromatic carbocycles. The molecule has 2 unspecified atom stereocenters. The summed E-state index contributed by atoms with van der Waals surface area (Å²) >= 11 is 6.45. The number of aromatic nitrogens is 3. The molecule has 2 saturated heterocycles. The number of piperidine rings is 1. The first-order valence-electron chi connectivity index (χ1n) is 11.7. The van der Waals surface area contributed by atoms with Gasteiger partial charge in [-0.2, -0.15) is 4.98 Å². The van der Waals surface area contributed by atoms with Crippen LogP contribution in [-0.2, 0) is 9.47 Å². The topological polar surface area (TPSA) is 93.9 Å². The Morgan fingerprint density at radius 2 is 2.03 bits per heavy atom. The van der Waals surface area contributed by atoms with Gasteiger partial charge in [0.2, 0.25) is 5.88 Å². The molecular formula is C25H24ClN5O4. The molecule has 6 rings (SSSR count). The highest BCUT2D eigenvalue weighted by Gasteiger charge is 2.47. The van der Waals surface area contributed by atoms with E-state index in [1.54, 1.807) is 17.0 Å². The lowest BCUT2D eigenvalue weighted by Gasteiger charge is -2.46. The third-order valence-electron chi connectivity index (χ3n) is 7.10. The highest BCUT2D eigenvalue weighted by Crippen LogP contribution is 2.41. The second-order valence-electron chi connectivity index (χ2n) is 9.74. The van der Waals surface area contributed by atoms with Crippen LogP contribution in [-0.4, -0.2) is 64.0 Å². The lowest BCUT2D eigenvalue weighted by atomic mass is 9.84. The molecule has 4 heterocycles. The third-order valence-corrected chi connectivity index (χ3v) is 7.41. The van der Waals surface area contributed by atoms with E-state index in [4.69, 9.17) is 32.4 Å². The summed E-state index contributed by atoms with van der Waals surface area (Å²) in [7, 11) is 0. The van der Waals surface area contributed by atoms with E-state index in [2.05, 4.69) is 19.8 Å². The summed E-state index contributed by atoms with van der Waals surface area (Å²) in [6.45, 7) is 11.2. The van der Waals surface area contributed by atoms with Crippen LogP contribution in [0.5, 0.6) is 5.88 Å². The number of nitrogens with one attached hydrogen (secondary N) is 1. The molecule has 3 aromatic rings. The fourth-order valence-electron chi connectivity index (χ4n) is 4.93. The zero-order chi connectivity index (χ0) is 24.2. The number of amides is 1. The van der Waals surface area contributed by atoms with Crippen LogP contribution in [0.4, 0.5) is 10.5 Å². The molecule has 0 radical (unpaired) electrons. The smallest absolute Gasteiger partial charge is 0.410 e. The minimum Gasteiger partial charge on any atom is -0.472 e. The molecule has 3 aliphatic rings. The molecule has 2 bridgehead atoms. The summed E-state index contributed by atoms with van der Waals surface area (Å²) in [6, 6.07) is 5.19. The first-order valence-corrected chi connectivity index (χ1v) is 12.0. The molecule has 2 atom stereocenters. The van der Waals surface area contributed by atoms with Gasteiger partial charge < -0.3 is 24.1 Å². The highest BCUT2D eigenvalue weighted by atomic mass is 35.5. The largest absolute Gasteiger partial charge is 0.472 e. The Balaban J connectivity index is 1.25. The zero-order valence-corrected chi connectivity index (χ0v) is 19.9. The second-order valence-corrected chi connectivity index (χ2v) is 10.2. The molecule has 2 aromatic heterocycles. The van der Waals surface area contributed by atoms with Gasteiger partial charge in [-0.25, -0.2) is 14.6 Å². The van der Waals surface area contributed by atoms with Crippen LogP contribution in [0.3, 0.4) is 0 Å². The van der Waals surface area contributed by atoms with Crippen molar-refractivity contribution >= 4 is 34.4 Å². The van der Waals surface area contributed by atoms with Crippen molar-refractivity contribution in [3.63, 3.8) is 0 Å². The highest BCUT2D eigenvalue weighted by molar-refractivity contribution is 6.34. The van der Waals surface area contributed by atoms with Gasteiger partial charge in [-0.05, 0) is 25.8 Å². The van der Waals surface area contributed by atoms with Crippen LogP contribution in [0.15, 0.2) is 30.7 Å². The quantitative estimate of drug-likeness (QED) is 0.522. The Morgan fingerprint density at radius 3 is 2.71 bits per heavy atom. The Hall–Kier alpha value is -3.35. The van der Waals surface area contributed by atoms with E-state index < -0.39 is 0 Å². The molecule has 1 saturated carbocycles. The molecule has 180 valence electrons. The van der Waals surface area contributed by atoms with Gasteiger partial charge in [0.1, 0.15) is 29.1 Å². The fourth-order valence-corrected chi connectivity index (χ4v) is 5.20. The average molecular weight is 494 g/mol. The van der Waals surface area contributed by atoms with Crippen LogP contribution in [0.2, 0.25) is 5.02 Å². The predicted molar refractivity (Wildman–Crippen MR) is 129 cm³/mol. The number of H-pyrrole nitrogens is 1. The van der Waals surface area contributed by atoms with Crippen LogP contribution < -0.4 is 4.74 Å². The number of hydrogen-bond donors (Lipinski definition) is 1. The Morgan fingerprint density at radius 1 is 1.26 bits per heavy atom. The van der Waals surface area contributed by atoms with E-state index in [0.717, 1.165) is 24.0 Å². The van der Waals surface area contributed by atoms with Gasteiger partial charge >= 0.3 is 6.09 Å². The number of hydrogen-bond acceptors (Lipinski definition) is 6. The first-order chi connectivity index (χ1) is 16.9. The molecule has 0 spiro atoms. The predicted octanol–water partition coefficient (Wildman–Crippen LogP) is 4.84. The van der Waals surface area contributed by atoms with Gasteiger partial charge in [-0.3, -0.25) is 0 Å². The van der Waals surface area contributed by atoms with E-state index in [0.29, 0.717) is 53.9 Å². The minimum atomic E-state index is -0.298. The van der Waals surface area contributed by atoms with Crippen molar-refractivity contribution in [1.82, 2.24) is 19.9 Å². The number of aromatic amines is 1. The van der Waals surface area contributed by atoms with Gasteiger partial charge in [-0.15, -0.1) is 0 Å². The lowest BCUT2D eigenvalue weighted by molar-refractivity contribution is -0.111. The van der Waals surface area contributed by atoms with Crippen molar-refractivity contribution in [1.29, 1.82) is 0 Å². The summed E-state index contributed by atoms with van der Waals surface area (Å²) in [6.07, 6.45) is 4.75. The normalized spacial score (nSPS) is 24.6. The Bertz CT molecular complexity index is 1330. The van der Waals surface area contributed by atoms with Crippen LogP contribution in [0, 0.1) is 18.4 Å². The molecule has 10 heteroatoms. The van der Waals surface area contributed by atoms with Crippen LogP contribution in [0.1, 0.15) is 19.8 Å². The number of nitrogens with zero attached hydrogens (tertiary/aromatic N) is 4. The molecule has 1 N–H and O–H groups in total. The van der Waals surface area contributed by atoms with Crippen molar-refractivity contribution in [3.05, 3.63) is 47.2 Å². The Labute approximate surface area is 207 Å². The fraction of sp³-hybridized carbons (Fsp3) is 0.440. The van der Waals surface area contributed by atoms with Crippen molar-refractivity contribution < 1.29 is 19.0 Å². The van der Waals surface area contributed by atoms with Crippen LogP contribution in [0.25, 0.3) is 27.0 Å². The molecule has 9 nitrogen and oxygen atoms in total. The van der Waals surface area contributed by atoms with E-state index >= 15 is 0 Å². The minimum absolute atomic E-state index is 0.0112. The number of halogens is 1. The van der Waals surface area contributed by atoms with E-state index in [9.17, 15) is 4.79 Å². The van der Waals surface area contributed by atoms with Gasteiger partial charge in [-0.1, -0.05) is 23.7 Å². The summed E-state index contributed by atoms with van der Waals surface area (Å²) in [4.78, 5) is 30.0. The third kappa shape index (κ3) is 4.07. The van der Waals surface area contributed by atoms with Crippen molar-refractivity contribution in [2.24, 2.45) is 11.8 Å². The van der Waals surface area contributed by atoms with Crippen LogP contribution >= 0.6 is 11.6 Å². The number of fused-ring (bicyclic) bond motifs is 3. The number of rotatable bonds is 4. The molecule has 35 heavy (non-hydrogen) atoms. The summed E-state index contributed by atoms with van der Waals surface area (Å²) < 4.78 is 18.0. The summed E-state index contributed by atoms with van der Waals surface area (Å²) in [5.41, 5.74) is 3.13. The first kappa shape index (κ1) is 22.1. The number of likely N-dealkylation sites (tertiary alicyclic amines) is 1. The maximum absolute atomic E-state index is 12.7. The van der Waals surface area contributed by atoms with Gasteiger partial charge in [0.05, 0.1) is 19.8 Å². The monoisotopic (exact) mass is 493 g/mol. The number of carbonyl (C=O) groups excluding carboxylic acids is 1. The molecule has 3 fully saturated rings. The van der Waals surface area contributed by atoms with Gasteiger partial charge in [0, 0.05) is 47.3 Å². The summed E-state index contributed by atoms with van der Waals surface area (Å²) in [5.74, 6) is 0.479. The second kappa shape index (κ2) is 8.40. The summed E-state index contributed by atoms with van der Waals surface area (Å²) in [5, 5.41) is 0.478. The molecule has 2 aliphatic heterocycles. The molecular weight excluding hydrogens is 470 g/mol. The van der Waals surface area contributed by atoms with Crippen molar-refractivity contribution in [2.45, 2.75) is 31.5 Å². The standard InChI is InChI=1S/C25H24ClN5O4/c1-25(5-6-25)35-24(32)31-9-14-11-33-12-15(10-31)22(14)34-23-21-20(29-13-30-23)18(8-28-21)17-4-3-16(27-2)7-19(17)26/h3-4,7-8,13-15,22,28H,5-6,9-12H2,1H3. The average Bonchev–Trinajstić information content (AvgIpc) is 3.40. The maximum Gasteiger partial charge on any atom is 0.410 e. The van der Waals surface area contributed by atoms with Gasteiger partial charge in [0.25, 0.3) is 0 Å². The lowest BCUT2D eigenvalue weighted by Crippen LogP contribution is -2.59. The van der Waals surface area contributed by atoms with E-state index in [-0.39, 0.29) is 29.6 Å².